The highest BCUT2D eigenvalue weighted by molar-refractivity contribution is 5.82. The lowest BCUT2D eigenvalue weighted by atomic mass is 10.00. The monoisotopic (exact) mass is 275 g/mol. The van der Waals surface area contributed by atoms with Gasteiger partial charge in [0.15, 0.2) is 6.04 Å². The maximum Gasteiger partial charge on any atom is 0.408 e. The molecule has 0 aromatic heterocycles. The Morgan fingerprint density at radius 3 is 2.16 bits per heavy atom. The minimum absolute atomic E-state index is 0.177. The van der Waals surface area contributed by atoms with Crippen LogP contribution in [0, 0.1) is 5.92 Å². The Kier molecular flexibility index (Phi) is 6.83. The zero-order valence-electron chi connectivity index (χ0n) is 12.5. The Morgan fingerprint density at radius 2 is 1.79 bits per heavy atom. The van der Waals surface area contributed by atoms with Gasteiger partial charge in [-0.2, -0.15) is 0 Å². The van der Waals surface area contributed by atoms with Gasteiger partial charge in [0, 0.05) is 0 Å². The topological polar surface area (TPSA) is 84.9 Å². The molecule has 2 N–H and O–H groups in total. The van der Waals surface area contributed by atoms with E-state index in [1.165, 1.54) is 0 Å². The summed E-state index contributed by atoms with van der Waals surface area (Å²) in [6.07, 6.45) is -1.79. The SMILES string of the molecule is CCOC(=O)[C@H](NC(=O)OC(C)(C)C)[C@H](O)C(C)C. The lowest BCUT2D eigenvalue weighted by Crippen LogP contribution is -2.52. The van der Waals surface area contributed by atoms with Crippen LogP contribution in [0.5, 0.6) is 0 Å². The van der Waals surface area contributed by atoms with Gasteiger partial charge < -0.3 is 19.9 Å². The molecule has 0 unspecified atom stereocenters. The summed E-state index contributed by atoms with van der Waals surface area (Å²) in [7, 11) is 0. The quantitative estimate of drug-likeness (QED) is 0.742. The van der Waals surface area contributed by atoms with Crippen LogP contribution in [-0.2, 0) is 14.3 Å². The molecule has 0 aliphatic carbocycles. The fourth-order valence-corrected chi connectivity index (χ4v) is 1.34. The van der Waals surface area contributed by atoms with E-state index in [1.54, 1.807) is 41.5 Å². The first kappa shape index (κ1) is 17.7. The highest BCUT2D eigenvalue weighted by Crippen LogP contribution is 2.11. The molecule has 0 saturated heterocycles. The summed E-state index contributed by atoms with van der Waals surface area (Å²) in [5.74, 6) is -0.876. The highest BCUT2D eigenvalue weighted by atomic mass is 16.6. The third-order valence-corrected chi connectivity index (χ3v) is 2.24. The largest absolute Gasteiger partial charge is 0.464 e. The molecule has 0 aromatic carbocycles. The molecule has 6 heteroatoms. The van der Waals surface area contributed by atoms with Crippen molar-refractivity contribution in [3.63, 3.8) is 0 Å². The Labute approximate surface area is 114 Å². The van der Waals surface area contributed by atoms with E-state index in [1.807, 2.05) is 0 Å². The predicted molar refractivity (Wildman–Crippen MR) is 70.6 cm³/mol. The van der Waals surface area contributed by atoms with Crippen LogP contribution in [0.15, 0.2) is 0 Å². The lowest BCUT2D eigenvalue weighted by Gasteiger charge is -2.27. The molecule has 1 amide bonds. The highest BCUT2D eigenvalue weighted by Gasteiger charge is 2.33. The Bertz CT molecular complexity index is 309. The minimum atomic E-state index is -1.13. The van der Waals surface area contributed by atoms with Gasteiger partial charge in [0.25, 0.3) is 0 Å². The number of amides is 1. The molecular formula is C13H25NO5. The molecule has 2 atom stereocenters. The van der Waals surface area contributed by atoms with Gasteiger partial charge in [0.05, 0.1) is 12.7 Å². The number of esters is 1. The second kappa shape index (κ2) is 7.33. The number of carbonyl (C=O) groups is 2. The molecule has 0 heterocycles. The smallest absolute Gasteiger partial charge is 0.408 e. The second-order valence-corrected chi connectivity index (χ2v) is 5.61. The van der Waals surface area contributed by atoms with Gasteiger partial charge in [-0.1, -0.05) is 13.8 Å². The lowest BCUT2D eigenvalue weighted by molar-refractivity contribution is -0.149. The minimum Gasteiger partial charge on any atom is -0.464 e. The van der Waals surface area contributed by atoms with E-state index in [0.717, 1.165) is 0 Å². The number of rotatable bonds is 5. The number of ether oxygens (including phenoxy) is 2. The summed E-state index contributed by atoms with van der Waals surface area (Å²) in [5.41, 5.74) is -0.675. The van der Waals surface area contributed by atoms with Crippen LogP contribution in [0.3, 0.4) is 0 Å². The Morgan fingerprint density at radius 1 is 1.26 bits per heavy atom. The van der Waals surface area contributed by atoms with Crippen molar-refractivity contribution in [1.82, 2.24) is 5.32 Å². The molecule has 0 aliphatic rings. The van der Waals surface area contributed by atoms with E-state index in [0.29, 0.717) is 0 Å². The third kappa shape index (κ3) is 7.00. The van der Waals surface area contributed by atoms with E-state index in [2.05, 4.69) is 5.32 Å². The van der Waals surface area contributed by atoms with Gasteiger partial charge >= 0.3 is 12.1 Å². The summed E-state index contributed by atoms with van der Waals surface area (Å²) in [6.45, 7) is 10.5. The van der Waals surface area contributed by atoms with Gasteiger partial charge in [-0.25, -0.2) is 9.59 Å². The maximum absolute atomic E-state index is 11.7. The summed E-state index contributed by atoms with van der Waals surface area (Å²) in [5, 5.41) is 12.3. The van der Waals surface area contributed by atoms with Crippen molar-refractivity contribution >= 4 is 12.1 Å². The first-order valence-electron chi connectivity index (χ1n) is 6.42. The molecule has 0 aromatic rings. The van der Waals surface area contributed by atoms with E-state index >= 15 is 0 Å². The van der Waals surface area contributed by atoms with Crippen molar-refractivity contribution in [1.29, 1.82) is 0 Å². The van der Waals surface area contributed by atoms with Crippen molar-refractivity contribution in [3.05, 3.63) is 0 Å². The van der Waals surface area contributed by atoms with Crippen LogP contribution in [0.25, 0.3) is 0 Å². The normalized spacial score (nSPS) is 14.7. The molecule has 0 spiro atoms. The number of aliphatic hydroxyl groups is 1. The Balaban J connectivity index is 4.76. The van der Waals surface area contributed by atoms with E-state index in [-0.39, 0.29) is 12.5 Å². The maximum atomic E-state index is 11.7. The molecule has 0 fully saturated rings. The summed E-state index contributed by atoms with van der Waals surface area (Å²) >= 11 is 0. The molecule has 0 aliphatic heterocycles. The van der Waals surface area contributed by atoms with Crippen molar-refractivity contribution in [2.75, 3.05) is 6.61 Å². The predicted octanol–water partition coefficient (Wildman–Crippen LogP) is 1.46. The molecule has 0 rings (SSSR count). The molecule has 112 valence electrons. The molecule has 0 radical (unpaired) electrons. The average molecular weight is 275 g/mol. The van der Waals surface area contributed by atoms with Crippen LogP contribution in [0.2, 0.25) is 0 Å². The molecular weight excluding hydrogens is 250 g/mol. The van der Waals surface area contributed by atoms with Crippen LogP contribution < -0.4 is 5.32 Å². The van der Waals surface area contributed by atoms with Gasteiger partial charge in [0.1, 0.15) is 5.60 Å². The fraction of sp³-hybridized carbons (Fsp3) is 0.846. The number of nitrogens with one attached hydrogen (secondary N) is 1. The molecule has 0 bridgehead atoms. The van der Waals surface area contributed by atoms with Gasteiger partial charge in [-0.15, -0.1) is 0 Å². The third-order valence-electron chi connectivity index (χ3n) is 2.24. The molecule has 19 heavy (non-hydrogen) atoms. The fourth-order valence-electron chi connectivity index (χ4n) is 1.34. The number of carbonyl (C=O) groups excluding carboxylic acids is 2. The first-order valence-corrected chi connectivity index (χ1v) is 6.42. The average Bonchev–Trinajstić information content (AvgIpc) is 2.22. The van der Waals surface area contributed by atoms with E-state index < -0.39 is 29.8 Å². The first-order chi connectivity index (χ1) is 8.58. The van der Waals surface area contributed by atoms with Gasteiger partial charge in [-0.3, -0.25) is 0 Å². The van der Waals surface area contributed by atoms with Crippen LogP contribution in [0.1, 0.15) is 41.5 Å². The molecule has 0 saturated carbocycles. The summed E-state index contributed by atoms with van der Waals surface area (Å²) in [4.78, 5) is 23.4. The zero-order chi connectivity index (χ0) is 15.2. The molecule has 6 nitrogen and oxygen atoms in total. The zero-order valence-corrected chi connectivity index (χ0v) is 12.5. The van der Waals surface area contributed by atoms with Crippen LogP contribution in [-0.4, -0.2) is 41.5 Å². The number of hydrogen-bond donors (Lipinski definition) is 2. The van der Waals surface area contributed by atoms with Gasteiger partial charge in [-0.05, 0) is 33.6 Å². The van der Waals surface area contributed by atoms with Crippen molar-refractivity contribution in [2.24, 2.45) is 5.92 Å². The van der Waals surface area contributed by atoms with Gasteiger partial charge in [0.2, 0.25) is 0 Å². The second-order valence-electron chi connectivity index (χ2n) is 5.61. The number of hydrogen-bond acceptors (Lipinski definition) is 5. The summed E-state index contributed by atoms with van der Waals surface area (Å²) in [6, 6.07) is -1.13. The number of aliphatic hydroxyl groups excluding tert-OH is 1. The van der Waals surface area contributed by atoms with Crippen molar-refractivity contribution in [2.45, 2.75) is 59.3 Å². The van der Waals surface area contributed by atoms with Crippen molar-refractivity contribution < 1.29 is 24.2 Å². The van der Waals surface area contributed by atoms with E-state index in [9.17, 15) is 14.7 Å². The van der Waals surface area contributed by atoms with Crippen LogP contribution >= 0.6 is 0 Å². The van der Waals surface area contributed by atoms with Crippen LogP contribution in [0.4, 0.5) is 4.79 Å². The van der Waals surface area contributed by atoms with Crippen molar-refractivity contribution in [3.8, 4) is 0 Å². The number of alkyl carbamates (subject to hydrolysis) is 1. The summed E-state index contributed by atoms with van der Waals surface area (Å²) < 4.78 is 9.89. The van der Waals surface area contributed by atoms with E-state index in [4.69, 9.17) is 9.47 Å². The standard InChI is InChI=1S/C13H25NO5/c1-7-18-11(16)9(10(15)8(2)3)14-12(17)19-13(4,5)6/h8-10,15H,7H2,1-6H3,(H,14,17)/t9-,10-/m1/s1. The Hall–Kier alpha value is -1.30.